The zero-order valence-electron chi connectivity index (χ0n) is 10.0. The van der Waals surface area contributed by atoms with Crippen LogP contribution in [0.1, 0.15) is 16.8 Å². The maximum absolute atomic E-state index is 12.3. The number of hydrogen-bond acceptors (Lipinski definition) is 4. The van der Waals surface area contributed by atoms with Gasteiger partial charge in [-0.25, -0.2) is 13.2 Å². The fourth-order valence-corrected chi connectivity index (χ4v) is 4.71. The monoisotopic (exact) mass is 348 g/mol. The molecule has 1 heterocycles. The molecule has 1 N–H and O–H groups in total. The first-order valence-electron chi connectivity index (χ1n) is 5.73. The molecule has 0 aliphatic carbocycles. The number of aromatic carboxylic acids is 1. The molecule has 7 heteroatoms. The minimum Gasteiger partial charge on any atom is -0.478 e. The first kappa shape index (κ1) is 14.5. The summed E-state index contributed by atoms with van der Waals surface area (Å²) in [6.07, 6.45) is 0.718. The lowest BCUT2D eigenvalue weighted by Crippen LogP contribution is -2.17. The van der Waals surface area contributed by atoms with E-state index in [1.54, 1.807) is 0 Å². The second-order valence-corrected chi connectivity index (χ2v) is 7.32. The highest BCUT2D eigenvalue weighted by Gasteiger charge is 2.26. The van der Waals surface area contributed by atoms with E-state index in [-0.39, 0.29) is 22.1 Å². The van der Waals surface area contributed by atoms with Crippen molar-refractivity contribution in [2.75, 3.05) is 19.0 Å². The van der Waals surface area contributed by atoms with E-state index in [2.05, 4.69) is 15.9 Å². The van der Waals surface area contributed by atoms with Crippen LogP contribution >= 0.6 is 15.9 Å². The summed E-state index contributed by atoms with van der Waals surface area (Å²) in [4.78, 5) is 10.9. The summed E-state index contributed by atoms with van der Waals surface area (Å²) in [5, 5.41) is 8.92. The summed E-state index contributed by atoms with van der Waals surface area (Å²) >= 11 is 3.16. The maximum Gasteiger partial charge on any atom is 0.335 e. The van der Waals surface area contributed by atoms with Crippen molar-refractivity contribution in [3.63, 3.8) is 0 Å². The minimum absolute atomic E-state index is 0.0192. The molecule has 2 rings (SSSR count). The number of benzene rings is 1. The predicted molar refractivity (Wildman–Crippen MR) is 72.1 cm³/mol. The predicted octanol–water partition coefficient (Wildman–Crippen LogP) is 1.96. The number of carboxylic acid groups (broad SMARTS) is 1. The fourth-order valence-electron chi connectivity index (χ4n) is 1.99. The van der Waals surface area contributed by atoms with Gasteiger partial charge in [-0.3, -0.25) is 0 Å². The molecule has 104 valence electrons. The van der Waals surface area contributed by atoms with Gasteiger partial charge in [0.25, 0.3) is 0 Å². The Bertz CT molecular complexity index is 590. The van der Waals surface area contributed by atoms with Crippen LogP contribution in [0.5, 0.6) is 0 Å². The van der Waals surface area contributed by atoms with Crippen LogP contribution in [0.3, 0.4) is 0 Å². The molecule has 1 aromatic carbocycles. The average Bonchev–Trinajstić information content (AvgIpc) is 2.81. The topological polar surface area (TPSA) is 80.7 Å². The Morgan fingerprint density at radius 1 is 1.47 bits per heavy atom. The van der Waals surface area contributed by atoms with Gasteiger partial charge >= 0.3 is 5.97 Å². The highest BCUT2D eigenvalue weighted by molar-refractivity contribution is 9.10. The molecule has 5 nitrogen and oxygen atoms in total. The Balaban J connectivity index is 2.33. The van der Waals surface area contributed by atoms with Gasteiger partial charge in [0, 0.05) is 11.1 Å². The highest BCUT2D eigenvalue weighted by Crippen LogP contribution is 2.27. The lowest BCUT2D eigenvalue weighted by atomic mass is 10.2. The Morgan fingerprint density at radius 2 is 2.21 bits per heavy atom. The summed E-state index contributed by atoms with van der Waals surface area (Å²) in [5.41, 5.74) is -0.0375. The van der Waals surface area contributed by atoms with Crippen LogP contribution in [0.2, 0.25) is 0 Å². The van der Waals surface area contributed by atoms with Crippen molar-refractivity contribution < 1.29 is 23.1 Å². The maximum atomic E-state index is 12.3. The molecule has 1 saturated heterocycles. The number of sulfone groups is 1. The highest BCUT2D eigenvalue weighted by atomic mass is 79.9. The van der Waals surface area contributed by atoms with Crippen LogP contribution in [-0.2, 0) is 14.6 Å². The summed E-state index contributed by atoms with van der Waals surface area (Å²) in [5.74, 6) is -1.19. The first-order chi connectivity index (χ1) is 8.90. The third-order valence-electron chi connectivity index (χ3n) is 2.99. The molecule has 0 saturated carbocycles. The first-order valence-corrected chi connectivity index (χ1v) is 8.18. The van der Waals surface area contributed by atoms with Crippen molar-refractivity contribution >= 4 is 31.7 Å². The molecule has 0 amide bonds. The normalized spacial score (nSPS) is 19.5. The van der Waals surface area contributed by atoms with E-state index in [0.717, 1.165) is 6.42 Å². The Hall–Kier alpha value is -0.920. The molecule has 0 aromatic heterocycles. The Kier molecular flexibility index (Phi) is 4.27. The van der Waals surface area contributed by atoms with E-state index >= 15 is 0 Å². The fraction of sp³-hybridized carbons (Fsp3) is 0.417. The number of hydrogen-bond donors (Lipinski definition) is 1. The zero-order valence-corrected chi connectivity index (χ0v) is 12.4. The summed E-state index contributed by atoms with van der Waals surface area (Å²) in [6.45, 7) is 1.02. The summed E-state index contributed by atoms with van der Waals surface area (Å²) in [7, 11) is -3.52. The lowest BCUT2D eigenvalue weighted by Gasteiger charge is -2.11. The van der Waals surface area contributed by atoms with E-state index in [4.69, 9.17) is 9.84 Å². The minimum atomic E-state index is -3.52. The lowest BCUT2D eigenvalue weighted by molar-refractivity contribution is 0.0696. The third-order valence-corrected chi connectivity index (χ3v) is 5.86. The van der Waals surface area contributed by atoms with Crippen molar-refractivity contribution in [1.82, 2.24) is 0 Å². The third kappa shape index (κ3) is 3.34. The van der Waals surface area contributed by atoms with E-state index in [1.807, 2.05) is 0 Å². The molecule has 1 unspecified atom stereocenters. The number of halogens is 1. The van der Waals surface area contributed by atoms with Gasteiger partial charge in [-0.15, -0.1) is 0 Å². The van der Waals surface area contributed by atoms with Gasteiger partial charge < -0.3 is 9.84 Å². The van der Waals surface area contributed by atoms with E-state index in [1.165, 1.54) is 18.2 Å². The van der Waals surface area contributed by atoms with Crippen LogP contribution in [0, 0.1) is 5.92 Å². The quantitative estimate of drug-likeness (QED) is 0.899. The molecule has 1 atom stereocenters. The average molecular weight is 349 g/mol. The molecule has 1 aliphatic rings. The number of carbonyl (C=O) groups is 1. The van der Waals surface area contributed by atoms with Gasteiger partial charge in [-0.1, -0.05) is 0 Å². The van der Waals surface area contributed by atoms with Crippen molar-refractivity contribution in [3.8, 4) is 0 Å². The molecular formula is C12H13BrO5S. The van der Waals surface area contributed by atoms with Crippen molar-refractivity contribution in [2.24, 2.45) is 5.92 Å². The SMILES string of the molecule is O=C(O)c1ccc(Br)c(S(=O)(=O)CC2CCOC2)c1. The Morgan fingerprint density at radius 3 is 2.79 bits per heavy atom. The second kappa shape index (κ2) is 5.60. The molecule has 1 fully saturated rings. The van der Waals surface area contributed by atoms with Crippen LogP contribution in [0.4, 0.5) is 0 Å². The van der Waals surface area contributed by atoms with Gasteiger partial charge in [-0.2, -0.15) is 0 Å². The molecule has 0 spiro atoms. The summed E-state index contributed by atoms with van der Waals surface area (Å²) < 4.78 is 30.2. The van der Waals surface area contributed by atoms with Gasteiger partial charge in [0.2, 0.25) is 0 Å². The van der Waals surface area contributed by atoms with Crippen LogP contribution in [0.15, 0.2) is 27.6 Å². The number of carboxylic acids is 1. The molecule has 19 heavy (non-hydrogen) atoms. The van der Waals surface area contributed by atoms with E-state index in [9.17, 15) is 13.2 Å². The summed E-state index contributed by atoms with van der Waals surface area (Å²) in [6, 6.07) is 4.00. The van der Waals surface area contributed by atoms with Gasteiger partial charge in [0.15, 0.2) is 9.84 Å². The van der Waals surface area contributed by atoms with Gasteiger partial charge in [-0.05, 0) is 46.5 Å². The second-order valence-electron chi connectivity index (χ2n) is 4.46. The van der Waals surface area contributed by atoms with Crippen LogP contribution in [0.25, 0.3) is 0 Å². The molecule has 1 aliphatic heterocycles. The van der Waals surface area contributed by atoms with Gasteiger partial charge in [0.05, 0.1) is 22.8 Å². The number of ether oxygens (including phenoxy) is 1. The smallest absolute Gasteiger partial charge is 0.335 e. The largest absolute Gasteiger partial charge is 0.478 e. The van der Waals surface area contributed by atoms with Crippen molar-refractivity contribution in [3.05, 3.63) is 28.2 Å². The van der Waals surface area contributed by atoms with E-state index < -0.39 is 15.8 Å². The molecule has 0 bridgehead atoms. The standard InChI is InChI=1S/C12H13BrO5S/c13-10-2-1-9(12(14)15)5-11(10)19(16,17)7-8-3-4-18-6-8/h1-2,5,8H,3-4,6-7H2,(H,14,15). The molecular weight excluding hydrogens is 336 g/mol. The van der Waals surface area contributed by atoms with E-state index in [0.29, 0.717) is 17.7 Å². The van der Waals surface area contributed by atoms with Gasteiger partial charge in [0.1, 0.15) is 0 Å². The van der Waals surface area contributed by atoms with Crippen LogP contribution in [-0.4, -0.2) is 38.5 Å². The number of rotatable bonds is 4. The zero-order chi connectivity index (χ0) is 14.0. The van der Waals surface area contributed by atoms with Crippen molar-refractivity contribution in [2.45, 2.75) is 11.3 Å². The van der Waals surface area contributed by atoms with Crippen LogP contribution < -0.4 is 0 Å². The molecule has 1 aromatic rings. The molecule has 0 radical (unpaired) electrons. The van der Waals surface area contributed by atoms with Crippen molar-refractivity contribution in [1.29, 1.82) is 0 Å². The Labute approximate surface area is 119 Å².